The average Bonchev–Trinajstić information content (AvgIpc) is 2.63. The SMILES string of the molecule is Cc1ccc(S(=O)(=O)N(C)CC(=O)N2CCCc3ccccc32)cc1C. The first-order chi connectivity index (χ1) is 12.3. The van der Waals surface area contributed by atoms with Crippen molar-refractivity contribution in [2.24, 2.45) is 0 Å². The Hall–Kier alpha value is -2.18. The minimum absolute atomic E-state index is 0.177. The molecule has 3 rings (SSSR count). The van der Waals surface area contributed by atoms with Gasteiger partial charge in [0.2, 0.25) is 15.9 Å². The minimum atomic E-state index is -3.70. The number of carbonyl (C=O) groups is 1. The van der Waals surface area contributed by atoms with E-state index in [0.29, 0.717) is 6.54 Å². The summed E-state index contributed by atoms with van der Waals surface area (Å²) in [5, 5.41) is 0. The number of rotatable bonds is 4. The zero-order valence-corrected chi connectivity index (χ0v) is 16.2. The molecule has 0 saturated carbocycles. The van der Waals surface area contributed by atoms with Crippen molar-refractivity contribution in [3.8, 4) is 0 Å². The number of aryl methyl sites for hydroxylation is 3. The topological polar surface area (TPSA) is 57.7 Å². The summed E-state index contributed by atoms with van der Waals surface area (Å²) in [7, 11) is -2.25. The Morgan fingerprint density at radius 1 is 1.12 bits per heavy atom. The maximum Gasteiger partial charge on any atom is 0.243 e. The number of anilines is 1. The number of hydrogen-bond acceptors (Lipinski definition) is 3. The van der Waals surface area contributed by atoms with Gasteiger partial charge in [-0.15, -0.1) is 0 Å². The number of amides is 1. The largest absolute Gasteiger partial charge is 0.311 e. The highest BCUT2D eigenvalue weighted by atomic mass is 32.2. The molecule has 0 bridgehead atoms. The lowest BCUT2D eigenvalue weighted by molar-refractivity contribution is -0.118. The van der Waals surface area contributed by atoms with Crippen molar-refractivity contribution in [3.05, 3.63) is 59.2 Å². The van der Waals surface area contributed by atoms with Crippen LogP contribution in [0.2, 0.25) is 0 Å². The molecule has 0 N–H and O–H groups in total. The molecule has 1 amide bonds. The van der Waals surface area contributed by atoms with Crippen LogP contribution in [0.15, 0.2) is 47.4 Å². The molecule has 5 nitrogen and oxygen atoms in total. The lowest BCUT2D eigenvalue weighted by Gasteiger charge is -2.30. The van der Waals surface area contributed by atoms with E-state index in [1.807, 2.05) is 38.1 Å². The molecule has 0 spiro atoms. The molecule has 0 radical (unpaired) electrons. The first-order valence-electron chi connectivity index (χ1n) is 8.72. The molecule has 0 aromatic heterocycles. The Kier molecular flexibility index (Phi) is 5.16. The van der Waals surface area contributed by atoms with E-state index in [4.69, 9.17) is 0 Å². The Balaban J connectivity index is 1.80. The summed E-state index contributed by atoms with van der Waals surface area (Å²) in [6.45, 7) is 4.26. The molecule has 1 aliphatic heterocycles. The van der Waals surface area contributed by atoms with E-state index in [0.717, 1.165) is 39.5 Å². The van der Waals surface area contributed by atoms with E-state index in [2.05, 4.69) is 0 Å². The molecule has 2 aromatic carbocycles. The number of fused-ring (bicyclic) bond motifs is 1. The smallest absolute Gasteiger partial charge is 0.243 e. The fourth-order valence-electron chi connectivity index (χ4n) is 3.21. The summed E-state index contributed by atoms with van der Waals surface area (Å²) in [6, 6.07) is 12.8. The Morgan fingerprint density at radius 2 is 1.85 bits per heavy atom. The van der Waals surface area contributed by atoms with Gasteiger partial charge in [-0.05, 0) is 61.6 Å². The van der Waals surface area contributed by atoms with Crippen LogP contribution >= 0.6 is 0 Å². The normalized spacial score (nSPS) is 14.4. The van der Waals surface area contributed by atoms with Crippen molar-refractivity contribution < 1.29 is 13.2 Å². The van der Waals surface area contributed by atoms with Crippen molar-refractivity contribution in [2.75, 3.05) is 25.0 Å². The maximum atomic E-state index is 12.8. The van der Waals surface area contributed by atoms with Crippen molar-refractivity contribution in [1.82, 2.24) is 4.31 Å². The third kappa shape index (κ3) is 3.52. The lowest BCUT2D eigenvalue weighted by Crippen LogP contribution is -2.43. The molecule has 6 heteroatoms. The van der Waals surface area contributed by atoms with Crippen molar-refractivity contribution in [1.29, 1.82) is 0 Å². The van der Waals surface area contributed by atoms with E-state index < -0.39 is 10.0 Å². The quantitative estimate of drug-likeness (QED) is 0.829. The molecule has 138 valence electrons. The number of para-hydroxylation sites is 1. The molecule has 0 unspecified atom stereocenters. The van der Waals surface area contributed by atoms with Crippen LogP contribution in [0, 0.1) is 13.8 Å². The van der Waals surface area contributed by atoms with Crippen LogP contribution in [0.25, 0.3) is 0 Å². The van der Waals surface area contributed by atoms with Crippen molar-refractivity contribution in [3.63, 3.8) is 0 Å². The minimum Gasteiger partial charge on any atom is -0.311 e. The second-order valence-corrected chi connectivity index (χ2v) is 8.83. The van der Waals surface area contributed by atoms with Gasteiger partial charge >= 0.3 is 0 Å². The molecule has 0 atom stereocenters. The molecule has 0 aliphatic carbocycles. The number of carbonyl (C=O) groups excluding carboxylic acids is 1. The zero-order chi connectivity index (χ0) is 18.9. The fraction of sp³-hybridized carbons (Fsp3) is 0.350. The maximum absolute atomic E-state index is 12.8. The van der Waals surface area contributed by atoms with E-state index in [1.165, 1.54) is 7.05 Å². The highest BCUT2D eigenvalue weighted by Crippen LogP contribution is 2.27. The predicted octanol–water partition coefficient (Wildman–Crippen LogP) is 2.90. The molecule has 1 heterocycles. The van der Waals surface area contributed by atoms with Gasteiger partial charge in [-0.3, -0.25) is 4.79 Å². The summed E-state index contributed by atoms with van der Waals surface area (Å²) in [4.78, 5) is 14.7. The molecule has 26 heavy (non-hydrogen) atoms. The van der Waals surface area contributed by atoms with E-state index >= 15 is 0 Å². The van der Waals surface area contributed by atoms with Crippen LogP contribution in [0.4, 0.5) is 5.69 Å². The zero-order valence-electron chi connectivity index (χ0n) is 15.4. The molecular weight excluding hydrogens is 348 g/mol. The van der Waals surface area contributed by atoms with Gasteiger partial charge in [-0.2, -0.15) is 4.31 Å². The third-order valence-corrected chi connectivity index (χ3v) is 6.76. The van der Waals surface area contributed by atoms with Gasteiger partial charge in [0.25, 0.3) is 0 Å². The number of benzene rings is 2. The number of sulfonamides is 1. The molecular formula is C20H24N2O3S. The summed E-state index contributed by atoms with van der Waals surface area (Å²) in [6.07, 6.45) is 1.83. The van der Waals surface area contributed by atoms with Crippen LogP contribution in [0.3, 0.4) is 0 Å². The van der Waals surface area contributed by atoms with Crippen molar-refractivity contribution in [2.45, 2.75) is 31.6 Å². The second-order valence-electron chi connectivity index (χ2n) is 6.78. The van der Waals surface area contributed by atoms with Gasteiger partial charge in [0, 0.05) is 19.3 Å². The third-order valence-electron chi connectivity index (χ3n) is 4.96. The summed E-state index contributed by atoms with van der Waals surface area (Å²) in [5.74, 6) is -0.202. The van der Waals surface area contributed by atoms with Crippen LogP contribution in [-0.4, -0.2) is 38.8 Å². The number of likely N-dealkylation sites (N-methyl/N-ethyl adjacent to an activating group) is 1. The van der Waals surface area contributed by atoms with E-state index in [9.17, 15) is 13.2 Å². The number of hydrogen-bond donors (Lipinski definition) is 0. The standard InChI is InChI=1S/C20H24N2O3S/c1-15-10-11-18(13-16(15)2)26(24,25)21(3)14-20(23)22-12-6-8-17-7-4-5-9-19(17)22/h4-5,7,9-11,13H,6,8,12,14H2,1-3H3. The number of nitrogens with zero attached hydrogens (tertiary/aromatic N) is 2. The molecule has 0 fully saturated rings. The molecule has 1 aliphatic rings. The Morgan fingerprint density at radius 3 is 2.58 bits per heavy atom. The van der Waals surface area contributed by atoms with Crippen LogP contribution in [0.1, 0.15) is 23.1 Å². The van der Waals surface area contributed by atoms with Gasteiger partial charge in [0.1, 0.15) is 0 Å². The van der Waals surface area contributed by atoms with Gasteiger partial charge in [-0.1, -0.05) is 24.3 Å². The molecule has 0 saturated heterocycles. The van der Waals surface area contributed by atoms with Gasteiger partial charge in [0.05, 0.1) is 11.4 Å². The van der Waals surface area contributed by atoms with Crippen molar-refractivity contribution >= 4 is 21.6 Å². The first kappa shape index (κ1) is 18.6. The summed E-state index contributed by atoms with van der Waals surface area (Å²) >= 11 is 0. The Bertz CT molecular complexity index is 938. The Labute approximate surface area is 155 Å². The fourth-order valence-corrected chi connectivity index (χ4v) is 4.41. The van der Waals surface area contributed by atoms with Gasteiger partial charge in [-0.25, -0.2) is 8.42 Å². The summed E-state index contributed by atoms with van der Waals surface area (Å²) in [5.41, 5.74) is 3.97. The lowest BCUT2D eigenvalue weighted by atomic mass is 10.0. The first-order valence-corrected chi connectivity index (χ1v) is 10.2. The van der Waals surface area contributed by atoms with Crippen LogP contribution < -0.4 is 4.90 Å². The highest BCUT2D eigenvalue weighted by molar-refractivity contribution is 7.89. The van der Waals surface area contributed by atoms with Crippen LogP contribution in [-0.2, 0) is 21.2 Å². The average molecular weight is 372 g/mol. The van der Waals surface area contributed by atoms with Crippen LogP contribution in [0.5, 0.6) is 0 Å². The molecule has 2 aromatic rings. The summed E-state index contributed by atoms with van der Waals surface area (Å²) < 4.78 is 26.8. The highest BCUT2D eigenvalue weighted by Gasteiger charge is 2.28. The van der Waals surface area contributed by atoms with E-state index in [-0.39, 0.29) is 17.3 Å². The second kappa shape index (κ2) is 7.21. The monoisotopic (exact) mass is 372 g/mol. The van der Waals surface area contributed by atoms with Gasteiger partial charge in [0.15, 0.2) is 0 Å². The van der Waals surface area contributed by atoms with E-state index in [1.54, 1.807) is 23.1 Å². The van der Waals surface area contributed by atoms with Gasteiger partial charge < -0.3 is 4.90 Å². The predicted molar refractivity (Wildman–Crippen MR) is 103 cm³/mol.